The summed E-state index contributed by atoms with van der Waals surface area (Å²) < 4.78 is 19.0. The van der Waals surface area contributed by atoms with E-state index in [9.17, 15) is 19.4 Å². The molecular formula is C26H26FN3O4. The van der Waals surface area contributed by atoms with Gasteiger partial charge in [0.2, 0.25) is 0 Å². The number of benzene rings is 2. The molecule has 2 aromatic carbocycles. The van der Waals surface area contributed by atoms with Gasteiger partial charge in [0.1, 0.15) is 17.2 Å². The van der Waals surface area contributed by atoms with E-state index in [1.54, 1.807) is 24.4 Å². The predicted molar refractivity (Wildman–Crippen MR) is 130 cm³/mol. The standard InChI is InChI=1S/C26H26FN3O4/c27-18-6-5-16-7-10-28-26(20(16)13-18)30-11-8-17(9-12-30)25(33)22(31)15-29-21-14-24(32)34-23-4-2-1-3-19(21)23/h1-7,10,13-14,17,22,25,29,31,33H,8-9,11-12,15H2/t22-,25-/m1/s1. The van der Waals surface area contributed by atoms with Gasteiger partial charge < -0.3 is 24.8 Å². The number of aromatic nitrogens is 1. The van der Waals surface area contributed by atoms with Crippen LogP contribution in [0.1, 0.15) is 12.8 Å². The van der Waals surface area contributed by atoms with Crippen LogP contribution in [0.25, 0.3) is 21.7 Å². The molecule has 34 heavy (non-hydrogen) atoms. The third-order valence-corrected chi connectivity index (χ3v) is 6.58. The van der Waals surface area contributed by atoms with Crippen molar-refractivity contribution >= 4 is 33.2 Å². The second-order valence-electron chi connectivity index (χ2n) is 8.74. The maximum Gasteiger partial charge on any atom is 0.338 e. The average molecular weight is 464 g/mol. The van der Waals surface area contributed by atoms with E-state index in [4.69, 9.17) is 4.42 Å². The van der Waals surface area contributed by atoms with Gasteiger partial charge in [-0.15, -0.1) is 0 Å². The molecule has 176 valence electrons. The lowest BCUT2D eigenvalue weighted by molar-refractivity contribution is -0.0166. The average Bonchev–Trinajstić information content (AvgIpc) is 2.86. The number of rotatable bonds is 6. The van der Waals surface area contributed by atoms with E-state index < -0.39 is 17.8 Å². The highest BCUT2D eigenvalue weighted by Crippen LogP contribution is 2.30. The smallest absolute Gasteiger partial charge is 0.338 e. The molecule has 0 spiro atoms. The molecule has 7 nitrogen and oxygen atoms in total. The SMILES string of the molecule is O=c1cc(NC[C@@H](O)[C@H](O)C2CCN(c3nccc4ccc(F)cc34)CC2)c2ccccc2o1. The Bertz CT molecular complexity index is 1370. The molecule has 0 unspecified atom stereocenters. The van der Waals surface area contributed by atoms with Gasteiger partial charge in [-0.25, -0.2) is 14.2 Å². The number of anilines is 2. The lowest BCUT2D eigenvalue weighted by Crippen LogP contribution is -2.44. The summed E-state index contributed by atoms with van der Waals surface area (Å²) in [5.74, 6) is 0.353. The van der Waals surface area contributed by atoms with Crippen molar-refractivity contribution in [2.24, 2.45) is 5.92 Å². The van der Waals surface area contributed by atoms with Crippen LogP contribution in [0, 0.1) is 11.7 Å². The summed E-state index contributed by atoms with van der Waals surface area (Å²) in [5.41, 5.74) is 0.537. The van der Waals surface area contributed by atoms with Crippen LogP contribution in [0.2, 0.25) is 0 Å². The molecule has 2 atom stereocenters. The van der Waals surface area contributed by atoms with Crippen molar-refractivity contribution < 1.29 is 19.0 Å². The molecule has 1 aliphatic rings. The molecule has 3 N–H and O–H groups in total. The fourth-order valence-electron chi connectivity index (χ4n) is 4.74. The van der Waals surface area contributed by atoms with E-state index in [0.717, 1.165) is 22.0 Å². The highest BCUT2D eigenvalue weighted by molar-refractivity contribution is 5.92. The van der Waals surface area contributed by atoms with Crippen molar-refractivity contribution in [2.75, 3.05) is 29.9 Å². The lowest BCUT2D eigenvalue weighted by Gasteiger charge is -2.36. The van der Waals surface area contributed by atoms with Crippen LogP contribution in [-0.4, -0.2) is 47.0 Å². The number of hydrogen-bond acceptors (Lipinski definition) is 7. The molecule has 1 saturated heterocycles. The van der Waals surface area contributed by atoms with Gasteiger partial charge in [0.05, 0.1) is 17.9 Å². The summed E-state index contributed by atoms with van der Waals surface area (Å²) in [6, 6.07) is 15.0. The molecule has 0 saturated carbocycles. The van der Waals surface area contributed by atoms with Crippen molar-refractivity contribution in [2.45, 2.75) is 25.0 Å². The maximum absolute atomic E-state index is 13.8. The predicted octanol–water partition coefficient (Wildman–Crippen LogP) is 3.53. The Hall–Kier alpha value is -3.49. The fraction of sp³-hybridized carbons (Fsp3) is 0.308. The molecule has 0 amide bonds. The van der Waals surface area contributed by atoms with Gasteiger partial charge in [0, 0.05) is 42.7 Å². The first-order valence-electron chi connectivity index (χ1n) is 11.4. The first-order valence-corrected chi connectivity index (χ1v) is 11.4. The minimum atomic E-state index is -1.01. The van der Waals surface area contributed by atoms with Gasteiger partial charge in [-0.05, 0) is 54.5 Å². The zero-order valence-corrected chi connectivity index (χ0v) is 18.5. The Labute approximate surface area is 195 Å². The van der Waals surface area contributed by atoms with Crippen LogP contribution >= 0.6 is 0 Å². The summed E-state index contributed by atoms with van der Waals surface area (Å²) in [5, 5.41) is 27.0. The van der Waals surface area contributed by atoms with Crippen molar-refractivity contribution in [1.29, 1.82) is 0 Å². The largest absolute Gasteiger partial charge is 0.423 e. The molecule has 3 heterocycles. The van der Waals surface area contributed by atoms with E-state index in [-0.39, 0.29) is 18.3 Å². The van der Waals surface area contributed by atoms with Crippen LogP contribution in [0.4, 0.5) is 15.9 Å². The van der Waals surface area contributed by atoms with Crippen LogP contribution in [0.5, 0.6) is 0 Å². The van der Waals surface area contributed by atoms with E-state index in [2.05, 4.69) is 15.2 Å². The summed E-state index contributed by atoms with van der Waals surface area (Å²) in [4.78, 5) is 18.4. The minimum absolute atomic E-state index is 0.0858. The van der Waals surface area contributed by atoms with Gasteiger partial charge in [0.25, 0.3) is 0 Å². The van der Waals surface area contributed by atoms with Crippen LogP contribution < -0.4 is 15.8 Å². The summed E-state index contributed by atoms with van der Waals surface area (Å²) in [6.45, 7) is 1.39. The van der Waals surface area contributed by atoms with Crippen molar-refractivity contribution in [3.63, 3.8) is 0 Å². The monoisotopic (exact) mass is 463 g/mol. The zero-order chi connectivity index (χ0) is 23.7. The Kier molecular flexibility index (Phi) is 6.17. The Morgan fingerprint density at radius 2 is 1.88 bits per heavy atom. The molecule has 1 aliphatic heterocycles. The molecular weight excluding hydrogens is 437 g/mol. The fourth-order valence-corrected chi connectivity index (χ4v) is 4.74. The van der Waals surface area contributed by atoms with Crippen LogP contribution in [0.15, 0.2) is 70.0 Å². The van der Waals surface area contributed by atoms with E-state index in [1.165, 1.54) is 18.2 Å². The third kappa shape index (κ3) is 4.47. The van der Waals surface area contributed by atoms with E-state index >= 15 is 0 Å². The highest BCUT2D eigenvalue weighted by Gasteiger charge is 2.30. The number of nitrogens with one attached hydrogen (secondary N) is 1. The van der Waals surface area contributed by atoms with E-state index in [1.807, 2.05) is 18.2 Å². The number of piperidine rings is 1. The van der Waals surface area contributed by atoms with Crippen molar-refractivity contribution in [3.8, 4) is 0 Å². The quantitative estimate of drug-likeness (QED) is 0.376. The van der Waals surface area contributed by atoms with E-state index in [0.29, 0.717) is 37.2 Å². The molecule has 0 bridgehead atoms. The minimum Gasteiger partial charge on any atom is -0.423 e. The number of para-hydroxylation sites is 1. The van der Waals surface area contributed by atoms with Crippen LogP contribution in [-0.2, 0) is 0 Å². The van der Waals surface area contributed by atoms with Gasteiger partial charge in [-0.2, -0.15) is 0 Å². The second kappa shape index (κ2) is 9.40. The summed E-state index contributed by atoms with van der Waals surface area (Å²) in [6.07, 6.45) is 1.14. The Balaban J connectivity index is 1.22. The highest BCUT2D eigenvalue weighted by atomic mass is 19.1. The van der Waals surface area contributed by atoms with Gasteiger partial charge in [-0.1, -0.05) is 18.2 Å². The molecule has 8 heteroatoms. The molecule has 2 aromatic heterocycles. The van der Waals surface area contributed by atoms with Gasteiger partial charge >= 0.3 is 5.63 Å². The first kappa shape index (κ1) is 22.3. The van der Waals surface area contributed by atoms with Crippen molar-refractivity contribution in [3.05, 3.63) is 77.0 Å². The summed E-state index contributed by atoms with van der Waals surface area (Å²) >= 11 is 0. The normalized spacial score (nSPS) is 16.6. The molecule has 4 aromatic rings. The van der Waals surface area contributed by atoms with Gasteiger partial charge in [-0.3, -0.25) is 0 Å². The van der Waals surface area contributed by atoms with Crippen molar-refractivity contribution in [1.82, 2.24) is 4.98 Å². The Morgan fingerprint density at radius 1 is 1.09 bits per heavy atom. The summed E-state index contributed by atoms with van der Waals surface area (Å²) in [7, 11) is 0. The topological polar surface area (TPSA) is 98.8 Å². The third-order valence-electron chi connectivity index (χ3n) is 6.58. The van der Waals surface area contributed by atoms with Gasteiger partial charge in [0.15, 0.2) is 0 Å². The molecule has 0 radical (unpaired) electrons. The second-order valence-corrected chi connectivity index (χ2v) is 8.74. The maximum atomic E-state index is 13.8. The number of pyridine rings is 1. The number of fused-ring (bicyclic) bond motifs is 2. The molecule has 0 aliphatic carbocycles. The number of hydrogen-bond donors (Lipinski definition) is 3. The van der Waals surface area contributed by atoms with Crippen LogP contribution in [0.3, 0.4) is 0 Å². The zero-order valence-electron chi connectivity index (χ0n) is 18.5. The molecule has 5 rings (SSSR count). The Morgan fingerprint density at radius 3 is 2.71 bits per heavy atom. The number of aliphatic hydroxyl groups is 2. The number of aliphatic hydroxyl groups excluding tert-OH is 2. The lowest BCUT2D eigenvalue weighted by atomic mass is 9.88. The number of nitrogens with zero attached hydrogens (tertiary/aromatic N) is 2. The number of halogens is 1. The first-order chi connectivity index (χ1) is 16.5. The molecule has 1 fully saturated rings.